The summed E-state index contributed by atoms with van der Waals surface area (Å²) in [6.07, 6.45) is 1.80. The molecular formula is C20H32AlCl3O6S2. The number of hydrogen-bond donors (Lipinski definition) is 1. The third kappa shape index (κ3) is 27.7. The largest absolute Gasteiger partial charge is 0.643 e. The van der Waals surface area contributed by atoms with Gasteiger partial charge >= 0.3 is 11.4 Å². The van der Waals surface area contributed by atoms with Crippen molar-refractivity contribution in [1.82, 2.24) is 0 Å². The Labute approximate surface area is 210 Å². The van der Waals surface area contributed by atoms with Gasteiger partial charge in [0, 0.05) is 0 Å². The van der Waals surface area contributed by atoms with E-state index >= 15 is 0 Å². The molecule has 184 valence electrons. The SMILES string of the molecule is C.C.O=S(=O)(O)CCCc1ccccc1.O=S1(=O)CCCO1.[Cl][Al]([Cl])[Cl].c1ccccc1. The molecule has 0 amide bonds. The number of aryl methyl sites for hydroxylation is 1. The van der Waals surface area contributed by atoms with Gasteiger partial charge in [0.15, 0.2) is 0 Å². The van der Waals surface area contributed by atoms with E-state index in [0.29, 0.717) is 25.9 Å². The molecule has 0 atom stereocenters. The molecule has 32 heavy (non-hydrogen) atoms. The highest BCUT2D eigenvalue weighted by molar-refractivity contribution is 7.86. The Morgan fingerprint density at radius 2 is 1.31 bits per heavy atom. The van der Waals surface area contributed by atoms with Gasteiger partial charge in [0.2, 0.25) is 0 Å². The minimum absolute atomic E-state index is 0. The van der Waals surface area contributed by atoms with Gasteiger partial charge in [-0.1, -0.05) is 81.6 Å². The average Bonchev–Trinajstić information content (AvgIpc) is 3.08. The maximum absolute atomic E-state index is 10.4. The lowest BCUT2D eigenvalue weighted by atomic mass is 10.1. The fourth-order valence-electron chi connectivity index (χ4n) is 1.97. The summed E-state index contributed by atoms with van der Waals surface area (Å²) in [5.41, 5.74) is 1.09. The molecule has 0 radical (unpaired) electrons. The maximum atomic E-state index is 10.4. The molecule has 2 aromatic carbocycles. The van der Waals surface area contributed by atoms with Gasteiger partial charge in [-0.2, -0.15) is 16.8 Å². The highest BCUT2D eigenvalue weighted by Gasteiger charge is 2.16. The number of benzene rings is 2. The number of halogens is 3. The Morgan fingerprint density at radius 1 is 0.906 bits per heavy atom. The monoisotopic (exact) mass is 564 g/mol. The second-order valence-electron chi connectivity index (χ2n) is 5.71. The molecule has 1 N–H and O–H groups in total. The predicted octanol–water partition coefficient (Wildman–Crippen LogP) is 5.89. The molecule has 0 aromatic heterocycles. The summed E-state index contributed by atoms with van der Waals surface area (Å²) in [5, 5.41) is 0. The van der Waals surface area contributed by atoms with Gasteiger partial charge in [0.25, 0.3) is 20.2 Å². The van der Waals surface area contributed by atoms with E-state index in [2.05, 4.69) is 4.18 Å². The minimum Gasteiger partial charge on any atom is -0.286 e. The zero-order chi connectivity index (χ0) is 22.9. The van der Waals surface area contributed by atoms with E-state index in [1.165, 1.54) is 0 Å². The number of hydrogen-bond acceptors (Lipinski definition) is 5. The van der Waals surface area contributed by atoms with E-state index in [-0.39, 0.29) is 26.4 Å². The lowest BCUT2D eigenvalue weighted by molar-refractivity contribution is 0.354. The fraction of sp³-hybridized carbons (Fsp3) is 0.400. The lowest BCUT2D eigenvalue weighted by Crippen LogP contribution is -2.04. The van der Waals surface area contributed by atoms with Crippen molar-refractivity contribution in [1.29, 1.82) is 0 Å². The van der Waals surface area contributed by atoms with Crippen molar-refractivity contribution in [3.8, 4) is 0 Å². The van der Waals surface area contributed by atoms with Crippen molar-refractivity contribution in [3.63, 3.8) is 0 Å². The third-order valence-corrected chi connectivity index (χ3v) is 5.30. The molecule has 0 aliphatic carbocycles. The van der Waals surface area contributed by atoms with Gasteiger partial charge in [0.1, 0.15) is 0 Å². The van der Waals surface area contributed by atoms with E-state index in [1.54, 1.807) is 0 Å². The van der Waals surface area contributed by atoms with Crippen LogP contribution in [0.4, 0.5) is 0 Å². The molecule has 1 aliphatic rings. The van der Waals surface area contributed by atoms with Crippen molar-refractivity contribution in [2.75, 3.05) is 18.1 Å². The van der Waals surface area contributed by atoms with E-state index in [1.807, 2.05) is 66.7 Å². The standard InChI is InChI=1S/C9H12O3S.C6H6.C3H6O3S.2CH4.Al.3ClH/c10-13(11,12)8-4-7-9-5-2-1-3-6-9;1-2-4-6-5-3-1;4-7(5)3-1-2-6-7;;;;;;/h1-3,5-6H,4,7-8H2,(H,10,11,12);1-6H;1-3H2;2*1H4;;3*1H/q;;;;;+3;;;/p-3. The van der Waals surface area contributed by atoms with Crippen LogP contribution in [0.15, 0.2) is 66.7 Å². The smallest absolute Gasteiger partial charge is 0.286 e. The van der Waals surface area contributed by atoms with Crippen LogP contribution in [0.2, 0.25) is 0 Å². The van der Waals surface area contributed by atoms with Crippen LogP contribution >= 0.6 is 30.1 Å². The molecule has 0 unspecified atom stereocenters. The summed E-state index contributed by atoms with van der Waals surface area (Å²) >= 11 is -1.72. The summed E-state index contributed by atoms with van der Waals surface area (Å²) in [4.78, 5) is 0. The first kappa shape index (κ1) is 36.2. The van der Waals surface area contributed by atoms with Crippen LogP contribution in [0.5, 0.6) is 0 Å². The molecule has 6 nitrogen and oxygen atoms in total. The maximum Gasteiger partial charge on any atom is 0.643 e. The van der Waals surface area contributed by atoms with Crippen LogP contribution < -0.4 is 0 Å². The zero-order valence-electron chi connectivity index (χ0n) is 16.1. The van der Waals surface area contributed by atoms with Crippen molar-refractivity contribution >= 4 is 61.8 Å². The number of rotatable bonds is 4. The molecule has 1 fully saturated rings. The van der Waals surface area contributed by atoms with Crippen LogP contribution in [0, 0.1) is 0 Å². The Morgan fingerprint density at radius 3 is 1.59 bits per heavy atom. The molecule has 12 heteroatoms. The van der Waals surface area contributed by atoms with Crippen LogP contribution in [0.3, 0.4) is 0 Å². The first-order chi connectivity index (χ1) is 14.0. The average molecular weight is 566 g/mol. The summed E-state index contributed by atoms with van der Waals surface area (Å²) in [7, 11) is 7.99. The molecular weight excluding hydrogens is 534 g/mol. The molecule has 1 heterocycles. The van der Waals surface area contributed by atoms with E-state index in [9.17, 15) is 16.8 Å². The van der Waals surface area contributed by atoms with Gasteiger partial charge in [-0.05, 0) is 24.8 Å². The van der Waals surface area contributed by atoms with Crippen LogP contribution in [-0.2, 0) is 30.8 Å². The van der Waals surface area contributed by atoms with Crippen LogP contribution in [0.25, 0.3) is 0 Å². The van der Waals surface area contributed by atoms with Gasteiger partial charge in [0.05, 0.1) is 18.1 Å². The Hall–Kier alpha value is -0.338. The van der Waals surface area contributed by atoms with Crippen molar-refractivity contribution in [3.05, 3.63) is 72.3 Å². The van der Waals surface area contributed by atoms with Crippen molar-refractivity contribution in [2.24, 2.45) is 0 Å². The summed E-state index contributed by atoms with van der Waals surface area (Å²) in [6, 6.07) is 21.6. The van der Waals surface area contributed by atoms with E-state index in [0.717, 1.165) is 5.56 Å². The third-order valence-electron chi connectivity index (χ3n) is 3.18. The first-order valence-electron chi connectivity index (χ1n) is 8.80. The topological polar surface area (TPSA) is 97.7 Å². The highest BCUT2D eigenvalue weighted by atomic mass is 35.8. The zero-order valence-corrected chi connectivity index (χ0v) is 21.2. The summed E-state index contributed by atoms with van der Waals surface area (Å²) < 4.78 is 54.0. The molecule has 3 rings (SSSR count). The Balaban J connectivity index is -0.000000378. The predicted molar refractivity (Wildman–Crippen MR) is 139 cm³/mol. The normalized spacial score (nSPS) is 13.1. The first-order valence-corrected chi connectivity index (χ1v) is 17.2. The van der Waals surface area contributed by atoms with Crippen molar-refractivity contribution < 1.29 is 25.6 Å². The van der Waals surface area contributed by atoms with Crippen molar-refractivity contribution in [2.45, 2.75) is 34.1 Å². The quantitative estimate of drug-likeness (QED) is 0.282. The van der Waals surface area contributed by atoms with E-state index < -0.39 is 31.6 Å². The summed E-state index contributed by atoms with van der Waals surface area (Å²) in [5.74, 6) is 0.0366. The summed E-state index contributed by atoms with van der Waals surface area (Å²) in [6.45, 7) is 0.377. The Bertz CT molecular complexity index is 827. The molecule has 0 saturated carbocycles. The van der Waals surface area contributed by atoms with Gasteiger partial charge in [-0.15, -0.1) is 0 Å². The molecule has 0 spiro atoms. The van der Waals surface area contributed by atoms with Gasteiger partial charge in [-0.25, -0.2) is 30.1 Å². The fourth-order valence-corrected chi connectivity index (χ4v) is 3.44. The molecule has 0 bridgehead atoms. The lowest BCUT2D eigenvalue weighted by Gasteiger charge is -1.98. The highest BCUT2D eigenvalue weighted by Crippen LogP contribution is 2.05. The molecule has 2 aromatic rings. The van der Waals surface area contributed by atoms with E-state index in [4.69, 9.17) is 34.7 Å². The second-order valence-corrected chi connectivity index (χ2v) is 15.5. The van der Waals surface area contributed by atoms with Crippen LogP contribution in [0.1, 0.15) is 33.3 Å². The molecule has 1 saturated heterocycles. The Kier molecular flexibility index (Phi) is 24.0. The van der Waals surface area contributed by atoms with Gasteiger partial charge < -0.3 is 0 Å². The van der Waals surface area contributed by atoms with Crippen LogP contribution in [-0.4, -0.2) is 50.9 Å². The second kappa shape index (κ2) is 21.2. The minimum atomic E-state index is -3.79. The molecule has 1 aliphatic heterocycles. The van der Waals surface area contributed by atoms with Gasteiger partial charge in [-0.3, -0.25) is 8.74 Å².